The molecule has 2 aromatic rings. The van der Waals surface area contributed by atoms with Crippen molar-refractivity contribution in [3.63, 3.8) is 0 Å². The molecule has 1 amide bonds. The van der Waals surface area contributed by atoms with Crippen LogP contribution in [0.4, 0.5) is 10.9 Å². The maximum atomic E-state index is 12.2. The molecule has 2 heterocycles. The van der Waals surface area contributed by atoms with Crippen LogP contribution in [-0.2, 0) is 6.42 Å². The Morgan fingerprint density at radius 3 is 2.85 bits per heavy atom. The van der Waals surface area contributed by atoms with Crippen LogP contribution in [0.5, 0.6) is 0 Å². The molecule has 0 bridgehead atoms. The third-order valence-corrected chi connectivity index (χ3v) is 3.73. The predicted molar refractivity (Wildman–Crippen MR) is 80.7 cm³/mol. The van der Waals surface area contributed by atoms with Crippen molar-refractivity contribution >= 4 is 39.8 Å². The zero-order chi connectivity index (χ0) is 14.5. The van der Waals surface area contributed by atoms with Gasteiger partial charge in [0.2, 0.25) is 5.13 Å². The minimum Gasteiger partial charge on any atom is -0.370 e. The lowest BCUT2D eigenvalue weighted by Gasteiger charge is -2.07. The second-order valence-corrected chi connectivity index (χ2v) is 5.36. The van der Waals surface area contributed by atoms with E-state index in [9.17, 15) is 4.79 Å². The van der Waals surface area contributed by atoms with Crippen molar-refractivity contribution in [3.8, 4) is 0 Å². The van der Waals surface area contributed by atoms with E-state index in [0.717, 1.165) is 11.4 Å². The van der Waals surface area contributed by atoms with Crippen LogP contribution >= 0.6 is 22.9 Å². The number of pyridine rings is 1. The molecule has 0 aliphatic carbocycles. The van der Waals surface area contributed by atoms with Crippen LogP contribution in [0.15, 0.2) is 12.3 Å². The van der Waals surface area contributed by atoms with E-state index in [1.165, 1.54) is 17.5 Å². The van der Waals surface area contributed by atoms with Crippen LogP contribution in [0, 0.1) is 0 Å². The Labute approximate surface area is 125 Å². The standard InChI is InChI=1S/C12H14ClN5OS/c1-3-10-17-18-12(20-10)16-11(19)7-5-9(14-4-2)15-6-8(7)13/h5-6H,3-4H2,1-2H3,(H,14,15)(H,16,18,19). The number of carbonyl (C=O) groups excluding carboxylic acids is 1. The topological polar surface area (TPSA) is 79.8 Å². The summed E-state index contributed by atoms with van der Waals surface area (Å²) in [5.41, 5.74) is 0.353. The van der Waals surface area contributed by atoms with Crippen molar-refractivity contribution in [2.24, 2.45) is 0 Å². The average molecular weight is 312 g/mol. The highest BCUT2D eigenvalue weighted by atomic mass is 35.5. The van der Waals surface area contributed by atoms with Gasteiger partial charge in [0.05, 0.1) is 10.6 Å². The van der Waals surface area contributed by atoms with Gasteiger partial charge < -0.3 is 5.32 Å². The first kappa shape index (κ1) is 14.7. The van der Waals surface area contributed by atoms with E-state index in [-0.39, 0.29) is 5.91 Å². The third-order valence-electron chi connectivity index (χ3n) is 2.45. The van der Waals surface area contributed by atoms with Crippen molar-refractivity contribution in [3.05, 3.63) is 27.9 Å². The molecule has 0 atom stereocenters. The van der Waals surface area contributed by atoms with Gasteiger partial charge >= 0.3 is 0 Å². The summed E-state index contributed by atoms with van der Waals surface area (Å²) >= 11 is 7.35. The molecule has 20 heavy (non-hydrogen) atoms. The number of nitrogens with one attached hydrogen (secondary N) is 2. The second kappa shape index (κ2) is 6.62. The molecule has 2 aromatic heterocycles. The summed E-state index contributed by atoms with van der Waals surface area (Å²) in [6, 6.07) is 1.61. The van der Waals surface area contributed by atoms with Gasteiger partial charge in [-0.1, -0.05) is 29.9 Å². The highest BCUT2D eigenvalue weighted by Gasteiger charge is 2.14. The molecular formula is C12H14ClN5OS. The Balaban J connectivity index is 2.17. The number of aryl methyl sites for hydroxylation is 1. The van der Waals surface area contributed by atoms with E-state index in [1.54, 1.807) is 6.07 Å². The summed E-state index contributed by atoms with van der Waals surface area (Å²) in [7, 11) is 0. The number of anilines is 2. The first-order valence-electron chi connectivity index (χ1n) is 6.17. The predicted octanol–water partition coefficient (Wildman–Crippen LogP) is 2.83. The zero-order valence-electron chi connectivity index (χ0n) is 11.1. The normalized spacial score (nSPS) is 10.3. The van der Waals surface area contributed by atoms with E-state index in [1.807, 2.05) is 13.8 Å². The largest absolute Gasteiger partial charge is 0.370 e. The Morgan fingerprint density at radius 1 is 1.40 bits per heavy atom. The Kier molecular flexibility index (Phi) is 4.86. The van der Waals surface area contributed by atoms with E-state index in [0.29, 0.717) is 28.1 Å². The van der Waals surface area contributed by atoms with Crippen LogP contribution in [0.3, 0.4) is 0 Å². The molecule has 8 heteroatoms. The number of hydrogen-bond acceptors (Lipinski definition) is 6. The van der Waals surface area contributed by atoms with E-state index in [2.05, 4.69) is 25.8 Å². The van der Waals surface area contributed by atoms with Crippen LogP contribution in [-0.4, -0.2) is 27.6 Å². The lowest BCUT2D eigenvalue weighted by molar-refractivity contribution is 0.102. The van der Waals surface area contributed by atoms with E-state index < -0.39 is 0 Å². The number of rotatable bonds is 5. The average Bonchev–Trinajstić information content (AvgIpc) is 2.88. The maximum Gasteiger partial charge on any atom is 0.259 e. The fraction of sp³-hybridized carbons (Fsp3) is 0.333. The molecule has 0 aromatic carbocycles. The zero-order valence-corrected chi connectivity index (χ0v) is 12.7. The molecule has 106 valence electrons. The van der Waals surface area contributed by atoms with Crippen LogP contribution in [0.1, 0.15) is 29.2 Å². The van der Waals surface area contributed by atoms with Crippen LogP contribution in [0.25, 0.3) is 0 Å². The van der Waals surface area contributed by atoms with Crippen molar-refractivity contribution in [1.82, 2.24) is 15.2 Å². The first-order chi connectivity index (χ1) is 9.63. The minimum atomic E-state index is -0.324. The Morgan fingerprint density at radius 2 is 2.20 bits per heavy atom. The van der Waals surface area contributed by atoms with Crippen molar-refractivity contribution in [2.45, 2.75) is 20.3 Å². The van der Waals surface area contributed by atoms with Gasteiger partial charge in [-0.05, 0) is 19.4 Å². The fourth-order valence-electron chi connectivity index (χ4n) is 1.50. The summed E-state index contributed by atoms with van der Waals surface area (Å²) in [4.78, 5) is 16.3. The molecule has 0 radical (unpaired) electrons. The molecule has 0 aliphatic heterocycles. The molecule has 0 fully saturated rings. The highest BCUT2D eigenvalue weighted by Crippen LogP contribution is 2.21. The quantitative estimate of drug-likeness (QED) is 0.887. The number of nitrogens with zero attached hydrogens (tertiary/aromatic N) is 3. The van der Waals surface area contributed by atoms with Gasteiger partial charge in [0.15, 0.2) is 0 Å². The van der Waals surface area contributed by atoms with Gasteiger partial charge in [0.1, 0.15) is 10.8 Å². The molecule has 0 unspecified atom stereocenters. The smallest absolute Gasteiger partial charge is 0.259 e. The van der Waals surface area contributed by atoms with Gasteiger partial charge in [-0.25, -0.2) is 4.98 Å². The van der Waals surface area contributed by atoms with E-state index >= 15 is 0 Å². The molecule has 0 saturated carbocycles. The number of carbonyl (C=O) groups is 1. The summed E-state index contributed by atoms with van der Waals surface area (Å²) < 4.78 is 0. The van der Waals surface area contributed by atoms with Crippen molar-refractivity contribution < 1.29 is 4.79 Å². The number of aromatic nitrogens is 3. The highest BCUT2D eigenvalue weighted by molar-refractivity contribution is 7.15. The minimum absolute atomic E-state index is 0.296. The second-order valence-electron chi connectivity index (χ2n) is 3.89. The summed E-state index contributed by atoms with van der Waals surface area (Å²) in [5, 5.41) is 15.2. The first-order valence-corrected chi connectivity index (χ1v) is 7.36. The number of halogens is 1. The molecule has 0 saturated heterocycles. The molecular weight excluding hydrogens is 298 g/mol. The Hall–Kier alpha value is -1.73. The molecule has 2 N–H and O–H groups in total. The molecule has 2 rings (SSSR count). The number of amides is 1. The van der Waals surface area contributed by atoms with Gasteiger partial charge in [-0.3, -0.25) is 10.1 Å². The number of hydrogen-bond donors (Lipinski definition) is 2. The van der Waals surface area contributed by atoms with Crippen LogP contribution < -0.4 is 10.6 Å². The monoisotopic (exact) mass is 311 g/mol. The van der Waals surface area contributed by atoms with Gasteiger partial charge in [-0.15, -0.1) is 10.2 Å². The van der Waals surface area contributed by atoms with Crippen molar-refractivity contribution in [1.29, 1.82) is 0 Å². The molecule has 0 spiro atoms. The summed E-state index contributed by atoms with van der Waals surface area (Å²) in [5.74, 6) is 0.281. The Bertz CT molecular complexity index is 616. The van der Waals surface area contributed by atoms with E-state index in [4.69, 9.17) is 11.6 Å². The maximum absolute atomic E-state index is 12.2. The van der Waals surface area contributed by atoms with Gasteiger partial charge in [0, 0.05) is 12.7 Å². The summed E-state index contributed by atoms with van der Waals surface area (Å²) in [6.07, 6.45) is 2.24. The van der Waals surface area contributed by atoms with Crippen molar-refractivity contribution in [2.75, 3.05) is 17.2 Å². The fourth-order valence-corrected chi connectivity index (χ4v) is 2.37. The summed E-state index contributed by atoms with van der Waals surface area (Å²) in [6.45, 7) is 4.64. The third kappa shape index (κ3) is 3.43. The van der Waals surface area contributed by atoms with Gasteiger partial charge in [0.25, 0.3) is 5.91 Å². The van der Waals surface area contributed by atoms with Gasteiger partial charge in [-0.2, -0.15) is 0 Å². The lowest BCUT2D eigenvalue weighted by atomic mass is 10.2. The van der Waals surface area contributed by atoms with Crippen LogP contribution in [0.2, 0.25) is 5.02 Å². The lowest BCUT2D eigenvalue weighted by Crippen LogP contribution is -2.13. The molecule has 0 aliphatic rings. The SMILES string of the molecule is CCNc1cc(C(=O)Nc2nnc(CC)s2)c(Cl)cn1. The molecule has 6 nitrogen and oxygen atoms in total.